The number of aryl methyl sites for hydroxylation is 1. The van der Waals surface area contributed by atoms with Crippen LogP contribution in [0.1, 0.15) is 24.1 Å². The molecule has 5 heteroatoms. The second-order valence-corrected chi connectivity index (χ2v) is 4.67. The smallest absolute Gasteiger partial charge is 0.269 e. The van der Waals surface area contributed by atoms with Gasteiger partial charge in [0, 0.05) is 23.9 Å². The van der Waals surface area contributed by atoms with Crippen LogP contribution in [0.5, 0.6) is 0 Å². The lowest BCUT2D eigenvalue weighted by atomic mass is 10.1. The molecule has 0 bridgehead atoms. The second-order valence-electron chi connectivity index (χ2n) is 4.67. The maximum atomic E-state index is 13.0. The summed E-state index contributed by atoms with van der Waals surface area (Å²) in [5.41, 5.74) is 2.66. The molecule has 0 aliphatic carbocycles. The summed E-state index contributed by atoms with van der Waals surface area (Å²) in [4.78, 5) is 10.2. The maximum absolute atomic E-state index is 13.0. The van der Waals surface area contributed by atoms with Crippen molar-refractivity contribution in [3.05, 3.63) is 69.5 Å². The number of nitrogens with one attached hydrogen (secondary N) is 1. The van der Waals surface area contributed by atoms with Crippen LogP contribution in [0.3, 0.4) is 0 Å². The number of hydrogen-bond donors (Lipinski definition) is 1. The van der Waals surface area contributed by atoms with E-state index in [2.05, 4.69) is 5.32 Å². The molecule has 0 saturated carbocycles. The molecule has 4 nitrogen and oxygen atoms in total. The van der Waals surface area contributed by atoms with Gasteiger partial charge in [-0.3, -0.25) is 10.1 Å². The molecular formula is C15H15FN2O2. The average molecular weight is 274 g/mol. The third-order valence-electron chi connectivity index (χ3n) is 3.16. The van der Waals surface area contributed by atoms with Crippen LogP contribution in [0.15, 0.2) is 42.5 Å². The molecule has 0 aliphatic heterocycles. The van der Waals surface area contributed by atoms with Crippen molar-refractivity contribution >= 4 is 11.4 Å². The highest BCUT2D eigenvalue weighted by Gasteiger charge is 2.10. The monoisotopic (exact) mass is 274 g/mol. The van der Waals surface area contributed by atoms with Gasteiger partial charge in [0.05, 0.1) is 4.92 Å². The normalized spacial score (nSPS) is 11.9. The fourth-order valence-corrected chi connectivity index (χ4v) is 1.99. The first-order valence-electron chi connectivity index (χ1n) is 6.24. The SMILES string of the molecule is Cc1cc(F)ccc1NC(C)c1ccc([N+](=O)[O-])cc1. The third-order valence-corrected chi connectivity index (χ3v) is 3.16. The summed E-state index contributed by atoms with van der Waals surface area (Å²) >= 11 is 0. The topological polar surface area (TPSA) is 55.2 Å². The van der Waals surface area contributed by atoms with Gasteiger partial charge in [-0.25, -0.2) is 4.39 Å². The molecule has 0 amide bonds. The van der Waals surface area contributed by atoms with Crippen molar-refractivity contribution in [3.63, 3.8) is 0 Å². The second kappa shape index (κ2) is 5.69. The molecular weight excluding hydrogens is 259 g/mol. The van der Waals surface area contributed by atoms with Crippen molar-refractivity contribution in [1.29, 1.82) is 0 Å². The van der Waals surface area contributed by atoms with E-state index in [-0.39, 0.29) is 17.5 Å². The van der Waals surface area contributed by atoms with Crippen LogP contribution >= 0.6 is 0 Å². The quantitative estimate of drug-likeness (QED) is 0.671. The minimum Gasteiger partial charge on any atom is -0.378 e. The van der Waals surface area contributed by atoms with E-state index in [4.69, 9.17) is 0 Å². The maximum Gasteiger partial charge on any atom is 0.269 e. The van der Waals surface area contributed by atoms with E-state index in [9.17, 15) is 14.5 Å². The Morgan fingerprint density at radius 1 is 1.20 bits per heavy atom. The van der Waals surface area contributed by atoms with Gasteiger partial charge in [-0.2, -0.15) is 0 Å². The number of rotatable bonds is 4. The fraction of sp³-hybridized carbons (Fsp3) is 0.200. The molecule has 104 valence electrons. The third kappa shape index (κ3) is 3.12. The van der Waals surface area contributed by atoms with E-state index < -0.39 is 4.92 Å². The van der Waals surface area contributed by atoms with Gasteiger partial charge in [0.25, 0.3) is 5.69 Å². The van der Waals surface area contributed by atoms with Crippen LogP contribution in [0.4, 0.5) is 15.8 Å². The van der Waals surface area contributed by atoms with E-state index in [0.717, 1.165) is 16.8 Å². The van der Waals surface area contributed by atoms with Gasteiger partial charge >= 0.3 is 0 Å². The Balaban J connectivity index is 2.15. The molecule has 20 heavy (non-hydrogen) atoms. The lowest BCUT2D eigenvalue weighted by Crippen LogP contribution is -2.07. The van der Waals surface area contributed by atoms with Crippen LogP contribution in [0, 0.1) is 22.9 Å². The molecule has 0 radical (unpaired) electrons. The van der Waals surface area contributed by atoms with Crippen LogP contribution < -0.4 is 5.32 Å². The summed E-state index contributed by atoms with van der Waals surface area (Å²) in [6, 6.07) is 10.9. The predicted octanol–water partition coefficient (Wildman–Crippen LogP) is 4.22. The van der Waals surface area contributed by atoms with Gasteiger partial charge in [-0.1, -0.05) is 12.1 Å². The zero-order chi connectivity index (χ0) is 14.7. The highest BCUT2D eigenvalue weighted by molar-refractivity contribution is 5.52. The van der Waals surface area contributed by atoms with Crippen molar-refractivity contribution in [1.82, 2.24) is 0 Å². The molecule has 0 aliphatic rings. The summed E-state index contributed by atoms with van der Waals surface area (Å²) in [6.07, 6.45) is 0. The molecule has 1 unspecified atom stereocenters. The number of halogens is 1. The minimum atomic E-state index is -0.425. The largest absolute Gasteiger partial charge is 0.378 e. The van der Waals surface area contributed by atoms with Gasteiger partial charge in [0.2, 0.25) is 0 Å². The Labute approximate surface area is 116 Å². The van der Waals surface area contributed by atoms with Crippen LogP contribution in [0.2, 0.25) is 0 Å². The molecule has 1 atom stereocenters. The highest BCUT2D eigenvalue weighted by Crippen LogP contribution is 2.24. The molecule has 0 heterocycles. The zero-order valence-electron chi connectivity index (χ0n) is 11.3. The van der Waals surface area contributed by atoms with E-state index >= 15 is 0 Å². The number of anilines is 1. The van der Waals surface area contributed by atoms with Crippen LogP contribution in [-0.2, 0) is 0 Å². The van der Waals surface area contributed by atoms with E-state index in [1.54, 1.807) is 18.2 Å². The molecule has 2 aromatic carbocycles. The highest BCUT2D eigenvalue weighted by atomic mass is 19.1. The number of nitro groups is 1. The van der Waals surface area contributed by atoms with E-state index in [0.29, 0.717) is 0 Å². The van der Waals surface area contributed by atoms with E-state index in [1.807, 2.05) is 13.8 Å². The Morgan fingerprint density at radius 2 is 1.85 bits per heavy atom. The van der Waals surface area contributed by atoms with Crippen molar-refractivity contribution in [2.75, 3.05) is 5.32 Å². The molecule has 1 N–H and O–H groups in total. The average Bonchev–Trinajstić information content (AvgIpc) is 2.42. The van der Waals surface area contributed by atoms with Crippen molar-refractivity contribution in [2.45, 2.75) is 19.9 Å². The van der Waals surface area contributed by atoms with Crippen molar-refractivity contribution in [3.8, 4) is 0 Å². The Hall–Kier alpha value is -2.43. The van der Waals surface area contributed by atoms with Crippen molar-refractivity contribution in [2.24, 2.45) is 0 Å². The van der Waals surface area contributed by atoms with Gasteiger partial charge in [0.15, 0.2) is 0 Å². The summed E-state index contributed by atoms with van der Waals surface area (Å²) < 4.78 is 13.0. The summed E-state index contributed by atoms with van der Waals surface area (Å²) in [5, 5.41) is 13.9. The lowest BCUT2D eigenvalue weighted by molar-refractivity contribution is -0.384. The molecule has 2 rings (SSSR count). The van der Waals surface area contributed by atoms with Gasteiger partial charge in [0.1, 0.15) is 5.82 Å². The molecule has 0 saturated heterocycles. The number of non-ortho nitro benzene ring substituents is 1. The van der Waals surface area contributed by atoms with Gasteiger partial charge < -0.3 is 5.32 Å². The van der Waals surface area contributed by atoms with E-state index in [1.165, 1.54) is 24.3 Å². The summed E-state index contributed by atoms with van der Waals surface area (Å²) in [6.45, 7) is 3.78. The predicted molar refractivity (Wildman–Crippen MR) is 76.3 cm³/mol. The number of hydrogen-bond acceptors (Lipinski definition) is 3. The molecule has 0 aromatic heterocycles. The first kappa shape index (κ1) is 14.0. The Morgan fingerprint density at radius 3 is 2.40 bits per heavy atom. The zero-order valence-corrected chi connectivity index (χ0v) is 11.3. The van der Waals surface area contributed by atoms with Crippen LogP contribution in [0.25, 0.3) is 0 Å². The minimum absolute atomic E-state index is 0.0278. The van der Waals surface area contributed by atoms with Gasteiger partial charge in [-0.15, -0.1) is 0 Å². The Bertz CT molecular complexity index is 626. The first-order valence-corrected chi connectivity index (χ1v) is 6.24. The summed E-state index contributed by atoms with van der Waals surface area (Å²) in [5.74, 6) is -0.268. The first-order chi connectivity index (χ1) is 9.47. The van der Waals surface area contributed by atoms with Crippen LogP contribution in [-0.4, -0.2) is 4.92 Å². The standard InChI is InChI=1S/C15H15FN2O2/c1-10-9-13(16)5-8-15(10)17-11(2)12-3-6-14(7-4-12)18(19)20/h3-9,11,17H,1-2H3. The molecule has 2 aromatic rings. The van der Waals surface area contributed by atoms with Crippen molar-refractivity contribution < 1.29 is 9.31 Å². The Kier molecular flexibility index (Phi) is 3.98. The fourth-order valence-electron chi connectivity index (χ4n) is 1.99. The number of nitrogens with zero attached hydrogens (tertiary/aromatic N) is 1. The molecule has 0 fully saturated rings. The lowest BCUT2D eigenvalue weighted by Gasteiger charge is -2.17. The van der Waals surface area contributed by atoms with Gasteiger partial charge in [-0.05, 0) is 43.2 Å². The number of nitro benzene ring substituents is 1. The number of benzene rings is 2. The summed E-state index contributed by atoms with van der Waals surface area (Å²) in [7, 11) is 0. The molecule has 0 spiro atoms.